The van der Waals surface area contributed by atoms with E-state index in [4.69, 9.17) is 9.47 Å². The lowest BCUT2D eigenvalue weighted by Gasteiger charge is -2.25. The maximum atomic E-state index is 12.5. The third-order valence-electron chi connectivity index (χ3n) is 3.81. The third kappa shape index (κ3) is 3.54. The average Bonchev–Trinajstić information content (AvgIpc) is 2.54. The average molecular weight is 308 g/mol. The number of nitrogens with zero attached hydrogens (tertiary/aromatic N) is 2. The van der Waals surface area contributed by atoms with Crippen LogP contribution in [0.1, 0.15) is 29.6 Å². The Morgan fingerprint density at radius 2 is 1.77 bits per heavy atom. The van der Waals surface area contributed by atoms with E-state index in [1.807, 2.05) is 4.90 Å². The fourth-order valence-corrected chi connectivity index (χ4v) is 2.65. The molecule has 0 aliphatic carbocycles. The molecule has 7 nitrogen and oxygen atoms in total. The molecule has 0 spiro atoms. The van der Waals surface area contributed by atoms with Crippen LogP contribution in [0.25, 0.3) is 0 Å². The molecule has 1 aromatic rings. The number of ether oxygens (including phenoxy) is 2. The minimum Gasteiger partial charge on any atom is -0.493 e. The predicted molar refractivity (Wildman–Crippen MR) is 80.8 cm³/mol. The Morgan fingerprint density at radius 3 is 2.32 bits per heavy atom. The number of carbonyl (C=O) groups is 1. The summed E-state index contributed by atoms with van der Waals surface area (Å²) in [4.78, 5) is 25.2. The van der Waals surface area contributed by atoms with E-state index in [1.165, 1.54) is 32.8 Å². The molecule has 2 rings (SSSR count). The lowest BCUT2D eigenvalue weighted by molar-refractivity contribution is -0.385. The van der Waals surface area contributed by atoms with Crippen LogP contribution < -0.4 is 9.47 Å². The Labute approximate surface area is 129 Å². The molecule has 0 atom stereocenters. The lowest BCUT2D eigenvalue weighted by atomic mass is 10.1. The minimum atomic E-state index is -0.564. The number of carbonyl (C=O) groups excluding carboxylic acids is 1. The number of hydrogen-bond acceptors (Lipinski definition) is 6. The van der Waals surface area contributed by atoms with Crippen LogP contribution in [-0.4, -0.2) is 49.5 Å². The molecule has 0 aromatic heterocycles. The molecular weight excluding hydrogens is 288 g/mol. The number of nitro benzene ring substituents is 1. The number of piperidine rings is 1. The van der Waals surface area contributed by atoms with Gasteiger partial charge in [0.25, 0.3) is 5.69 Å². The maximum absolute atomic E-state index is 12.5. The molecule has 1 aliphatic rings. The highest BCUT2D eigenvalue weighted by molar-refractivity contribution is 6.02. The van der Waals surface area contributed by atoms with Crippen LogP contribution in [0, 0.1) is 10.1 Å². The van der Waals surface area contributed by atoms with Crippen molar-refractivity contribution in [2.24, 2.45) is 0 Å². The van der Waals surface area contributed by atoms with E-state index >= 15 is 0 Å². The zero-order valence-electron chi connectivity index (χ0n) is 12.8. The van der Waals surface area contributed by atoms with E-state index in [9.17, 15) is 14.9 Å². The van der Waals surface area contributed by atoms with Gasteiger partial charge in [-0.3, -0.25) is 19.8 Å². The fraction of sp³-hybridized carbons (Fsp3) is 0.533. The van der Waals surface area contributed by atoms with Gasteiger partial charge in [0.15, 0.2) is 17.3 Å². The van der Waals surface area contributed by atoms with E-state index in [-0.39, 0.29) is 29.3 Å². The second-order valence-corrected chi connectivity index (χ2v) is 5.24. The van der Waals surface area contributed by atoms with Gasteiger partial charge in [-0.2, -0.15) is 0 Å². The molecule has 1 aromatic carbocycles. The first-order valence-electron chi connectivity index (χ1n) is 7.22. The van der Waals surface area contributed by atoms with E-state index in [0.29, 0.717) is 5.75 Å². The highest BCUT2D eigenvalue weighted by atomic mass is 16.6. The Morgan fingerprint density at radius 1 is 1.18 bits per heavy atom. The van der Waals surface area contributed by atoms with Gasteiger partial charge in [-0.05, 0) is 25.9 Å². The summed E-state index contributed by atoms with van der Waals surface area (Å²) in [5.74, 6) is 0.286. The van der Waals surface area contributed by atoms with Gasteiger partial charge in [0.1, 0.15) is 5.56 Å². The number of likely N-dealkylation sites (tertiary alicyclic amines) is 1. The maximum Gasteiger partial charge on any atom is 0.284 e. The standard InChI is InChI=1S/C15H20N2O5/c1-21-14-8-11(12(17(19)20)9-15(14)22-2)13(18)10-16-6-4-3-5-7-16/h8-9H,3-7,10H2,1-2H3. The summed E-state index contributed by atoms with van der Waals surface area (Å²) in [6.45, 7) is 1.90. The molecule has 120 valence electrons. The summed E-state index contributed by atoms with van der Waals surface area (Å²) in [5.41, 5.74) is -0.187. The number of hydrogen-bond donors (Lipinski definition) is 0. The van der Waals surface area contributed by atoms with Crippen LogP contribution in [0.5, 0.6) is 11.5 Å². The van der Waals surface area contributed by atoms with Crippen LogP contribution in [-0.2, 0) is 0 Å². The van der Waals surface area contributed by atoms with Crippen molar-refractivity contribution in [2.45, 2.75) is 19.3 Å². The zero-order chi connectivity index (χ0) is 16.1. The summed E-state index contributed by atoms with van der Waals surface area (Å²) in [6.07, 6.45) is 3.28. The summed E-state index contributed by atoms with van der Waals surface area (Å²) >= 11 is 0. The van der Waals surface area contributed by atoms with Crippen molar-refractivity contribution in [3.8, 4) is 11.5 Å². The van der Waals surface area contributed by atoms with E-state index in [2.05, 4.69) is 0 Å². The van der Waals surface area contributed by atoms with Crippen molar-refractivity contribution in [3.05, 3.63) is 27.8 Å². The first-order valence-corrected chi connectivity index (χ1v) is 7.22. The molecule has 0 N–H and O–H groups in total. The second kappa shape index (κ2) is 7.22. The first kappa shape index (κ1) is 16.2. The van der Waals surface area contributed by atoms with Crippen molar-refractivity contribution in [1.29, 1.82) is 0 Å². The summed E-state index contributed by atoms with van der Waals surface area (Å²) < 4.78 is 10.2. The molecular formula is C15H20N2O5. The number of ketones is 1. The van der Waals surface area contributed by atoms with E-state index < -0.39 is 4.92 Å². The summed E-state index contributed by atoms with van der Waals surface area (Å²) in [7, 11) is 2.83. The summed E-state index contributed by atoms with van der Waals surface area (Å²) in [6, 6.07) is 2.63. The molecule has 1 aliphatic heterocycles. The molecule has 7 heteroatoms. The van der Waals surface area contributed by atoms with E-state index in [1.54, 1.807) is 0 Å². The number of benzene rings is 1. The molecule has 0 unspecified atom stereocenters. The van der Waals surface area contributed by atoms with Gasteiger partial charge >= 0.3 is 0 Å². The van der Waals surface area contributed by atoms with Crippen LogP contribution in [0.4, 0.5) is 5.69 Å². The molecule has 1 fully saturated rings. The molecule has 1 heterocycles. The SMILES string of the molecule is COc1cc(C(=O)CN2CCCCC2)c([N+](=O)[O-])cc1OC. The number of methoxy groups -OCH3 is 2. The Balaban J connectivity index is 2.30. The quantitative estimate of drug-likeness (QED) is 0.455. The van der Waals surface area contributed by atoms with Crippen LogP contribution >= 0.6 is 0 Å². The van der Waals surface area contributed by atoms with Gasteiger partial charge < -0.3 is 9.47 Å². The normalized spacial score (nSPS) is 15.4. The lowest BCUT2D eigenvalue weighted by Crippen LogP contribution is -2.34. The molecule has 0 amide bonds. The Hall–Kier alpha value is -2.15. The predicted octanol–water partition coefficient (Wildman–Crippen LogP) is 2.28. The highest BCUT2D eigenvalue weighted by Gasteiger charge is 2.26. The van der Waals surface area contributed by atoms with E-state index in [0.717, 1.165) is 25.9 Å². The molecule has 22 heavy (non-hydrogen) atoms. The molecule has 0 bridgehead atoms. The minimum absolute atomic E-state index is 0.0632. The van der Waals surface area contributed by atoms with Gasteiger partial charge in [0.05, 0.1) is 31.8 Å². The van der Waals surface area contributed by atoms with Crippen molar-refractivity contribution in [3.63, 3.8) is 0 Å². The smallest absolute Gasteiger partial charge is 0.284 e. The van der Waals surface area contributed by atoms with Crippen molar-refractivity contribution >= 4 is 11.5 Å². The van der Waals surface area contributed by atoms with Crippen LogP contribution in [0.3, 0.4) is 0 Å². The van der Waals surface area contributed by atoms with Crippen molar-refractivity contribution in [2.75, 3.05) is 33.9 Å². The molecule has 0 radical (unpaired) electrons. The van der Waals surface area contributed by atoms with Crippen LogP contribution in [0.15, 0.2) is 12.1 Å². The second-order valence-electron chi connectivity index (χ2n) is 5.24. The topological polar surface area (TPSA) is 81.9 Å². The molecule has 1 saturated heterocycles. The first-order chi connectivity index (χ1) is 10.6. The van der Waals surface area contributed by atoms with Gasteiger partial charge in [-0.15, -0.1) is 0 Å². The Kier molecular flexibility index (Phi) is 5.32. The highest BCUT2D eigenvalue weighted by Crippen LogP contribution is 2.34. The van der Waals surface area contributed by atoms with Crippen molar-refractivity contribution in [1.82, 2.24) is 4.90 Å². The summed E-state index contributed by atoms with van der Waals surface area (Å²) in [5, 5.41) is 11.2. The van der Waals surface area contributed by atoms with Gasteiger partial charge in [0, 0.05) is 6.07 Å². The zero-order valence-corrected chi connectivity index (χ0v) is 12.8. The number of Topliss-reactive ketones (excluding diaryl/α,β-unsaturated/α-hetero) is 1. The third-order valence-corrected chi connectivity index (χ3v) is 3.81. The van der Waals surface area contributed by atoms with Gasteiger partial charge in [0.2, 0.25) is 0 Å². The number of rotatable bonds is 6. The number of nitro groups is 1. The van der Waals surface area contributed by atoms with Crippen molar-refractivity contribution < 1.29 is 19.2 Å². The monoisotopic (exact) mass is 308 g/mol. The Bertz CT molecular complexity index is 567. The van der Waals surface area contributed by atoms with Gasteiger partial charge in [-0.25, -0.2) is 0 Å². The fourth-order valence-electron chi connectivity index (χ4n) is 2.65. The van der Waals surface area contributed by atoms with Gasteiger partial charge in [-0.1, -0.05) is 6.42 Å². The molecule has 0 saturated carbocycles. The van der Waals surface area contributed by atoms with Crippen LogP contribution in [0.2, 0.25) is 0 Å². The largest absolute Gasteiger partial charge is 0.493 e.